The van der Waals surface area contributed by atoms with Gasteiger partial charge in [-0.05, 0) is 30.2 Å². The number of nitrogens with two attached hydrogens (primary N) is 1. The first-order valence-corrected chi connectivity index (χ1v) is 6.67. The highest BCUT2D eigenvalue weighted by Crippen LogP contribution is 2.29. The molecule has 1 aliphatic rings. The second-order valence-corrected chi connectivity index (χ2v) is 4.84. The van der Waals surface area contributed by atoms with E-state index in [1.807, 2.05) is 0 Å². The molecule has 5 nitrogen and oxygen atoms in total. The molecule has 0 aliphatic carbocycles. The minimum absolute atomic E-state index is 0.0275. The van der Waals surface area contributed by atoms with Crippen LogP contribution in [0.2, 0.25) is 0 Å². The number of ether oxygens (including phenoxy) is 1. The third kappa shape index (κ3) is 3.68. The van der Waals surface area contributed by atoms with Gasteiger partial charge < -0.3 is 20.5 Å². The lowest BCUT2D eigenvalue weighted by molar-refractivity contribution is -0.137. The molecular formula is C14H19FN2O3. The van der Waals surface area contributed by atoms with Crippen molar-refractivity contribution in [1.29, 1.82) is 0 Å². The normalized spacial score (nSPS) is 17.0. The summed E-state index contributed by atoms with van der Waals surface area (Å²) in [6.07, 6.45) is 0.260. The van der Waals surface area contributed by atoms with Gasteiger partial charge in [-0.15, -0.1) is 0 Å². The number of carboxylic acids is 1. The molecule has 2 rings (SSSR count). The highest BCUT2D eigenvalue weighted by molar-refractivity contribution is 5.67. The molecule has 1 aromatic rings. The van der Waals surface area contributed by atoms with E-state index >= 15 is 0 Å². The lowest BCUT2D eigenvalue weighted by atomic mass is 9.99. The lowest BCUT2D eigenvalue weighted by Gasteiger charge is -2.31. The lowest BCUT2D eigenvalue weighted by Crippen LogP contribution is -2.37. The maximum absolute atomic E-state index is 13.5. The molecule has 20 heavy (non-hydrogen) atoms. The highest BCUT2D eigenvalue weighted by Gasteiger charge is 2.19. The van der Waals surface area contributed by atoms with Crippen molar-refractivity contribution in [2.75, 3.05) is 31.2 Å². The molecule has 0 aromatic heterocycles. The zero-order valence-electron chi connectivity index (χ0n) is 11.2. The number of hydrogen-bond acceptors (Lipinski definition) is 4. The molecular weight excluding hydrogens is 263 g/mol. The third-order valence-electron chi connectivity index (χ3n) is 3.41. The van der Waals surface area contributed by atoms with Crippen LogP contribution in [0.25, 0.3) is 0 Å². The molecule has 1 saturated heterocycles. The van der Waals surface area contributed by atoms with Gasteiger partial charge in [-0.2, -0.15) is 0 Å². The Morgan fingerprint density at radius 2 is 2.15 bits per heavy atom. The van der Waals surface area contributed by atoms with Gasteiger partial charge >= 0.3 is 5.97 Å². The largest absolute Gasteiger partial charge is 0.481 e. The van der Waals surface area contributed by atoms with Crippen molar-refractivity contribution in [3.63, 3.8) is 0 Å². The topological polar surface area (TPSA) is 75.8 Å². The van der Waals surface area contributed by atoms with Crippen molar-refractivity contribution in [2.24, 2.45) is 5.73 Å². The molecule has 0 radical (unpaired) electrons. The molecule has 0 saturated carbocycles. The summed E-state index contributed by atoms with van der Waals surface area (Å²) in [6, 6.07) is 4.02. The molecule has 0 unspecified atom stereocenters. The minimum atomic E-state index is -0.898. The Hall–Kier alpha value is -1.66. The van der Waals surface area contributed by atoms with Crippen molar-refractivity contribution in [3.05, 3.63) is 29.6 Å². The van der Waals surface area contributed by atoms with Crippen LogP contribution in [0.5, 0.6) is 0 Å². The van der Waals surface area contributed by atoms with Crippen LogP contribution in [0.3, 0.4) is 0 Å². The second-order valence-electron chi connectivity index (χ2n) is 4.84. The van der Waals surface area contributed by atoms with E-state index < -0.39 is 12.0 Å². The van der Waals surface area contributed by atoms with Crippen molar-refractivity contribution in [2.45, 2.75) is 18.9 Å². The molecule has 1 atom stereocenters. The van der Waals surface area contributed by atoms with Gasteiger partial charge in [-0.25, -0.2) is 4.39 Å². The van der Waals surface area contributed by atoms with Crippen LogP contribution in [0, 0.1) is 5.82 Å². The first-order valence-electron chi connectivity index (χ1n) is 6.67. The number of aliphatic carboxylic acids is 1. The molecule has 6 heteroatoms. The Kier molecular flexibility index (Phi) is 4.92. The summed E-state index contributed by atoms with van der Waals surface area (Å²) in [7, 11) is 0. The smallest absolute Gasteiger partial charge is 0.303 e. The van der Waals surface area contributed by atoms with E-state index in [4.69, 9.17) is 15.6 Å². The zero-order valence-corrected chi connectivity index (χ0v) is 11.2. The quantitative estimate of drug-likeness (QED) is 0.856. The van der Waals surface area contributed by atoms with Crippen LogP contribution in [-0.4, -0.2) is 37.4 Å². The summed E-state index contributed by atoms with van der Waals surface area (Å²) in [5.74, 6) is -1.26. The Morgan fingerprint density at radius 3 is 2.80 bits per heavy atom. The molecule has 110 valence electrons. The van der Waals surface area contributed by atoms with E-state index in [1.165, 1.54) is 12.1 Å². The van der Waals surface area contributed by atoms with Gasteiger partial charge in [0.2, 0.25) is 0 Å². The maximum atomic E-state index is 13.5. The molecule has 1 fully saturated rings. The number of rotatable bonds is 5. The van der Waals surface area contributed by atoms with Crippen molar-refractivity contribution >= 4 is 11.7 Å². The molecule has 3 N–H and O–H groups in total. The molecule has 1 aliphatic heterocycles. The minimum Gasteiger partial charge on any atom is -0.481 e. The molecule has 1 heterocycles. The van der Waals surface area contributed by atoms with E-state index in [9.17, 15) is 9.18 Å². The Labute approximate surface area is 117 Å². The summed E-state index contributed by atoms with van der Waals surface area (Å²) in [5.41, 5.74) is 7.56. The number of benzene rings is 1. The monoisotopic (exact) mass is 282 g/mol. The van der Waals surface area contributed by atoms with E-state index in [0.29, 0.717) is 18.8 Å². The van der Waals surface area contributed by atoms with Crippen molar-refractivity contribution in [3.8, 4) is 0 Å². The number of anilines is 1. The summed E-state index contributed by atoms with van der Waals surface area (Å²) < 4.78 is 18.8. The molecule has 0 bridgehead atoms. The number of halogens is 1. The van der Waals surface area contributed by atoms with E-state index in [-0.39, 0.29) is 18.7 Å². The van der Waals surface area contributed by atoms with Crippen LogP contribution in [0.1, 0.15) is 24.4 Å². The average Bonchev–Trinajstić information content (AvgIpc) is 2.45. The molecule has 0 amide bonds. The average molecular weight is 282 g/mol. The third-order valence-corrected chi connectivity index (χ3v) is 3.41. The summed E-state index contributed by atoms with van der Waals surface area (Å²) in [6.45, 7) is 2.71. The standard InChI is InChI=1S/C14H19FN2O3/c15-10-1-3-13(17-5-7-20-8-6-17)11(9-10)12(16)2-4-14(18)19/h1,3,9,12H,2,4-8,16H2,(H,18,19)/t12-/m0/s1. The van der Waals surface area contributed by atoms with Crippen molar-refractivity contribution < 1.29 is 19.0 Å². The van der Waals surface area contributed by atoms with Gasteiger partial charge in [0, 0.05) is 31.2 Å². The summed E-state index contributed by atoms with van der Waals surface area (Å²) >= 11 is 0. The number of hydrogen-bond donors (Lipinski definition) is 2. The predicted molar refractivity (Wildman–Crippen MR) is 73.2 cm³/mol. The number of carbonyl (C=O) groups is 1. The van der Waals surface area contributed by atoms with Crippen LogP contribution in [0.4, 0.5) is 10.1 Å². The number of nitrogens with zero attached hydrogens (tertiary/aromatic N) is 1. The number of carboxylic acid groups (broad SMARTS) is 1. The fourth-order valence-electron chi connectivity index (χ4n) is 2.35. The SMILES string of the molecule is N[C@@H](CCC(=O)O)c1cc(F)ccc1N1CCOCC1. The highest BCUT2D eigenvalue weighted by atomic mass is 19.1. The van der Waals surface area contributed by atoms with E-state index in [0.717, 1.165) is 18.8 Å². The molecule has 1 aromatic carbocycles. The first kappa shape index (κ1) is 14.7. The fraction of sp³-hybridized carbons (Fsp3) is 0.500. The zero-order chi connectivity index (χ0) is 14.5. The fourth-order valence-corrected chi connectivity index (χ4v) is 2.35. The van der Waals surface area contributed by atoms with Gasteiger partial charge in [0.15, 0.2) is 0 Å². The molecule has 0 spiro atoms. The summed E-state index contributed by atoms with van der Waals surface area (Å²) in [4.78, 5) is 12.7. The number of morpholine rings is 1. The van der Waals surface area contributed by atoms with Gasteiger partial charge in [-0.3, -0.25) is 4.79 Å². The second kappa shape index (κ2) is 6.67. The maximum Gasteiger partial charge on any atom is 0.303 e. The Balaban J connectivity index is 2.20. The van der Waals surface area contributed by atoms with Gasteiger partial charge in [0.05, 0.1) is 13.2 Å². The predicted octanol–water partition coefficient (Wildman–Crippen LogP) is 1.53. The van der Waals surface area contributed by atoms with Crippen molar-refractivity contribution in [1.82, 2.24) is 0 Å². The Bertz CT molecular complexity index is 475. The first-order chi connectivity index (χ1) is 9.58. The van der Waals surface area contributed by atoms with Crippen LogP contribution in [-0.2, 0) is 9.53 Å². The van der Waals surface area contributed by atoms with Crippen LogP contribution >= 0.6 is 0 Å². The summed E-state index contributed by atoms with van der Waals surface area (Å²) in [5, 5.41) is 8.73. The van der Waals surface area contributed by atoms with Gasteiger partial charge in [0.25, 0.3) is 0 Å². The van der Waals surface area contributed by atoms with E-state index in [1.54, 1.807) is 6.07 Å². The van der Waals surface area contributed by atoms with Gasteiger partial charge in [-0.1, -0.05) is 0 Å². The van der Waals surface area contributed by atoms with Crippen LogP contribution in [0.15, 0.2) is 18.2 Å². The van der Waals surface area contributed by atoms with E-state index in [2.05, 4.69) is 4.90 Å². The Morgan fingerprint density at radius 1 is 1.45 bits per heavy atom. The van der Waals surface area contributed by atoms with Crippen LogP contribution < -0.4 is 10.6 Å². The van der Waals surface area contributed by atoms with Gasteiger partial charge in [0.1, 0.15) is 5.82 Å².